The number of benzene rings is 3. The predicted octanol–water partition coefficient (Wildman–Crippen LogP) is 5.07. The molecular weight excluding hydrogens is 356 g/mol. The number of fused-ring (bicyclic) bond motifs is 1. The zero-order valence-electron chi connectivity index (χ0n) is 17.1. The Morgan fingerprint density at radius 1 is 0.793 bits per heavy atom. The number of likely N-dealkylation sites (tertiary alicyclic amines) is 1. The van der Waals surface area contributed by atoms with Crippen molar-refractivity contribution < 1.29 is 4.79 Å². The summed E-state index contributed by atoms with van der Waals surface area (Å²) in [4.78, 5) is 15.0. The van der Waals surface area contributed by atoms with E-state index in [1.165, 1.54) is 59.8 Å². The molecule has 3 aromatic carbocycles. The smallest absolute Gasteiger partial charge is 0.220 e. The van der Waals surface area contributed by atoms with Gasteiger partial charge in [-0.3, -0.25) is 9.69 Å². The van der Waals surface area contributed by atoms with E-state index in [-0.39, 0.29) is 5.91 Å². The highest BCUT2D eigenvalue weighted by atomic mass is 16.1. The standard InChI is InChI=1S/C26H30N2O/c29-26(16-15-22-13-8-12-21-9-4-5-14-25(21)22)27-19-23-10-2-3-11-24(23)20-28-17-6-1-7-18-28/h2-5,8-14H,1,6-7,15-20H2,(H,27,29). The Hall–Kier alpha value is -2.65. The van der Waals surface area contributed by atoms with Gasteiger partial charge in [-0.25, -0.2) is 0 Å². The maximum Gasteiger partial charge on any atom is 0.220 e. The molecule has 0 aliphatic carbocycles. The quantitative estimate of drug-likeness (QED) is 0.614. The summed E-state index contributed by atoms with van der Waals surface area (Å²) in [6.45, 7) is 3.97. The lowest BCUT2D eigenvalue weighted by atomic mass is 10.0. The second kappa shape index (κ2) is 9.71. The van der Waals surface area contributed by atoms with Crippen molar-refractivity contribution in [3.05, 3.63) is 83.4 Å². The molecule has 1 fully saturated rings. The number of hydrogen-bond acceptors (Lipinski definition) is 2. The average molecular weight is 387 g/mol. The van der Waals surface area contributed by atoms with E-state index in [0.29, 0.717) is 13.0 Å². The molecule has 1 aliphatic heterocycles. The monoisotopic (exact) mass is 386 g/mol. The molecule has 0 unspecified atom stereocenters. The van der Waals surface area contributed by atoms with E-state index in [0.717, 1.165) is 13.0 Å². The van der Waals surface area contributed by atoms with E-state index >= 15 is 0 Å². The maximum atomic E-state index is 12.5. The average Bonchev–Trinajstić information content (AvgIpc) is 2.78. The normalized spacial score (nSPS) is 14.8. The van der Waals surface area contributed by atoms with Gasteiger partial charge in [0, 0.05) is 19.5 Å². The van der Waals surface area contributed by atoms with Crippen LogP contribution in [-0.2, 0) is 24.3 Å². The maximum absolute atomic E-state index is 12.5. The van der Waals surface area contributed by atoms with Crippen molar-refractivity contribution in [1.29, 1.82) is 0 Å². The second-order valence-corrected chi connectivity index (χ2v) is 8.02. The molecule has 0 radical (unpaired) electrons. The molecule has 1 aliphatic rings. The number of rotatable bonds is 7. The van der Waals surface area contributed by atoms with Crippen molar-refractivity contribution in [1.82, 2.24) is 10.2 Å². The number of nitrogens with zero attached hydrogens (tertiary/aromatic N) is 1. The van der Waals surface area contributed by atoms with E-state index in [4.69, 9.17) is 0 Å². The third-order valence-electron chi connectivity index (χ3n) is 5.94. The molecule has 4 rings (SSSR count). The van der Waals surface area contributed by atoms with Gasteiger partial charge in [0.1, 0.15) is 0 Å². The van der Waals surface area contributed by atoms with Crippen LogP contribution in [0.4, 0.5) is 0 Å². The zero-order valence-corrected chi connectivity index (χ0v) is 17.1. The number of carbonyl (C=O) groups is 1. The molecule has 3 aromatic rings. The molecule has 0 aromatic heterocycles. The van der Waals surface area contributed by atoms with Gasteiger partial charge in [0.25, 0.3) is 0 Å². The van der Waals surface area contributed by atoms with Crippen LogP contribution in [0.5, 0.6) is 0 Å². The lowest BCUT2D eigenvalue weighted by Crippen LogP contribution is -2.30. The van der Waals surface area contributed by atoms with Gasteiger partial charge in [-0.05, 0) is 59.8 Å². The minimum atomic E-state index is 0.116. The summed E-state index contributed by atoms with van der Waals surface area (Å²) in [5.41, 5.74) is 3.81. The summed E-state index contributed by atoms with van der Waals surface area (Å²) in [7, 11) is 0. The molecule has 0 spiro atoms. The molecule has 150 valence electrons. The lowest BCUT2D eigenvalue weighted by molar-refractivity contribution is -0.121. The van der Waals surface area contributed by atoms with Crippen molar-refractivity contribution in [2.75, 3.05) is 13.1 Å². The van der Waals surface area contributed by atoms with Gasteiger partial charge in [0.15, 0.2) is 0 Å². The Morgan fingerprint density at radius 3 is 2.34 bits per heavy atom. The third kappa shape index (κ3) is 5.24. The summed E-state index contributed by atoms with van der Waals surface area (Å²) in [5.74, 6) is 0.116. The Kier molecular flexibility index (Phi) is 6.58. The van der Waals surface area contributed by atoms with Gasteiger partial charge in [0.05, 0.1) is 0 Å². The third-order valence-corrected chi connectivity index (χ3v) is 5.94. The molecule has 1 N–H and O–H groups in total. The second-order valence-electron chi connectivity index (χ2n) is 8.02. The first kappa shape index (κ1) is 19.7. The largest absolute Gasteiger partial charge is 0.352 e. The first-order valence-electron chi connectivity index (χ1n) is 10.8. The number of aryl methyl sites for hydroxylation is 1. The summed E-state index contributed by atoms with van der Waals surface area (Å²) in [6.07, 6.45) is 5.23. The number of nitrogens with one attached hydrogen (secondary N) is 1. The number of carbonyl (C=O) groups excluding carboxylic acids is 1. The van der Waals surface area contributed by atoms with Crippen LogP contribution >= 0.6 is 0 Å². The van der Waals surface area contributed by atoms with Gasteiger partial charge in [-0.1, -0.05) is 73.2 Å². The fourth-order valence-corrected chi connectivity index (χ4v) is 4.28. The first-order chi connectivity index (χ1) is 14.3. The Morgan fingerprint density at radius 2 is 1.48 bits per heavy atom. The molecule has 1 heterocycles. The van der Waals surface area contributed by atoms with Crippen LogP contribution in [0.15, 0.2) is 66.7 Å². The summed E-state index contributed by atoms with van der Waals surface area (Å²) < 4.78 is 0. The van der Waals surface area contributed by atoms with Crippen LogP contribution in [0, 0.1) is 0 Å². The highest BCUT2D eigenvalue weighted by Crippen LogP contribution is 2.20. The van der Waals surface area contributed by atoms with E-state index in [1.54, 1.807) is 0 Å². The van der Waals surface area contributed by atoms with Crippen LogP contribution in [0.25, 0.3) is 10.8 Å². The molecule has 3 heteroatoms. The SMILES string of the molecule is O=C(CCc1cccc2ccccc12)NCc1ccccc1CN1CCCCC1. The van der Waals surface area contributed by atoms with Gasteiger partial charge >= 0.3 is 0 Å². The van der Waals surface area contributed by atoms with E-state index in [1.807, 2.05) is 0 Å². The Labute approximate surface area is 173 Å². The number of hydrogen-bond donors (Lipinski definition) is 1. The van der Waals surface area contributed by atoms with Gasteiger partial charge in [0.2, 0.25) is 5.91 Å². The van der Waals surface area contributed by atoms with Crippen LogP contribution in [0.3, 0.4) is 0 Å². The van der Waals surface area contributed by atoms with E-state index < -0.39 is 0 Å². The Bertz CT molecular complexity index is 954. The highest BCUT2D eigenvalue weighted by molar-refractivity contribution is 5.86. The zero-order chi connectivity index (χ0) is 19.9. The summed E-state index contributed by atoms with van der Waals surface area (Å²) in [6, 6.07) is 23.2. The fourth-order valence-electron chi connectivity index (χ4n) is 4.28. The molecule has 0 bridgehead atoms. The number of amides is 1. The van der Waals surface area contributed by atoms with Crippen molar-refractivity contribution in [3.63, 3.8) is 0 Å². The fraction of sp³-hybridized carbons (Fsp3) is 0.346. The summed E-state index contributed by atoms with van der Waals surface area (Å²) in [5, 5.41) is 5.62. The van der Waals surface area contributed by atoms with Crippen LogP contribution in [0.2, 0.25) is 0 Å². The minimum Gasteiger partial charge on any atom is -0.352 e. The molecule has 0 saturated carbocycles. The first-order valence-corrected chi connectivity index (χ1v) is 10.8. The van der Waals surface area contributed by atoms with Crippen molar-refractivity contribution in [3.8, 4) is 0 Å². The van der Waals surface area contributed by atoms with Gasteiger partial charge < -0.3 is 5.32 Å². The minimum absolute atomic E-state index is 0.116. The van der Waals surface area contributed by atoms with Crippen molar-refractivity contribution in [2.24, 2.45) is 0 Å². The molecule has 1 saturated heterocycles. The van der Waals surface area contributed by atoms with Crippen molar-refractivity contribution in [2.45, 2.75) is 45.2 Å². The van der Waals surface area contributed by atoms with Crippen LogP contribution in [-0.4, -0.2) is 23.9 Å². The molecular formula is C26H30N2O. The topological polar surface area (TPSA) is 32.3 Å². The Balaban J connectivity index is 1.33. The van der Waals surface area contributed by atoms with E-state index in [9.17, 15) is 4.79 Å². The highest BCUT2D eigenvalue weighted by Gasteiger charge is 2.13. The molecule has 3 nitrogen and oxygen atoms in total. The van der Waals surface area contributed by atoms with Crippen LogP contribution in [0.1, 0.15) is 42.4 Å². The lowest BCUT2D eigenvalue weighted by Gasteiger charge is -2.27. The number of piperidine rings is 1. The molecule has 29 heavy (non-hydrogen) atoms. The summed E-state index contributed by atoms with van der Waals surface area (Å²) >= 11 is 0. The van der Waals surface area contributed by atoms with Crippen LogP contribution < -0.4 is 5.32 Å². The van der Waals surface area contributed by atoms with E-state index in [2.05, 4.69) is 76.9 Å². The molecule has 0 atom stereocenters. The predicted molar refractivity (Wildman–Crippen MR) is 120 cm³/mol. The van der Waals surface area contributed by atoms with Gasteiger partial charge in [-0.2, -0.15) is 0 Å². The molecule has 1 amide bonds. The van der Waals surface area contributed by atoms with Crippen molar-refractivity contribution >= 4 is 16.7 Å². The van der Waals surface area contributed by atoms with Gasteiger partial charge in [-0.15, -0.1) is 0 Å².